The minimum Gasteiger partial charge on any atom is -0.505 e. The highest BCUT2D eigenvalue weighted by Gasteiger charge is 2.24. The SMILES string of the molecule is CCc1ccc(N=Nc2c(O)c(C(=O)Nc3cccc(Cl)c3OC)cc3ccccc23)c(S(=O)(=O)O)c1Cl. The second-order valence-corrected chi connectivity index (χ2v) is 10.2. The Bertz CT molecular complexity index is 1710. The molecular weight excluding hydrogens is 553 g/mol. The summed E-state index contributed by atoms with van der Waals surface area (Å²) in [4.78, 5) is 12.6. The van der Waals surface area contributed by atoms with E-state index in [0.29, 0.717) is 22.8 Å². The summed E-state index contributed by atoms with van der Waals surface area (Å²) in [6.45, 7) is 1.77. The maximum absolute atomic E-state index is 13.2. The van der Waals surface area contributed by atoms with Gasteiger partial charge in [-0.25, -0.2) is 0 Å². The summed E-state index contributed by atoms with van der Waals surface area (Å²) in [6, 6.07) is 16.0. The van der Waals surface area contributed by atoms with Gasteiger partial charge in [0.25, 0.3) is 16.0 Å². The van der Waals surface area contributed by atoms with Crippen LogP contribution in [0.1, 0.15) is 22.8 Å². The van der Waals surface area contributed by atoms with E-state index in [-0.39, 0.29) is 38.4 Å². The lowest BCUT2D eigenvalue weighted by Gasteiger charge is -2.14. The Morgan fingerprint density at radius 3 is 2.47 bits per heavy atom. The monoisotopic (exact) mass is 573 g/mol. The van der Waals surface area contributed by atoms with Crippen LogP contribution < -0.4 is 10.1 Å². The largest absolute Gasteiger partial charge is 0.505 e. The van der Waals surface area contributed by atoms with E-state index in [1.165, 1.54) is 19.2 Å². The fourth-order valence-electron chi connectivity index (χ4n) is 3.88. The molecule has 4 rings (SSSR count). The highest BCUT2D eigenvalue weighted by Crippen LogP contribution is 2.42. The first-order valence-corrected chi connectivity index (χ1v) is 13.4. The van der Waals surface area contributed by atoms with Crippen molar-refractivity contribution in [2.24, 2.45) is 10.2 Å². The third-order valence-electron chi connectivity index (χ3n) is 5.71. The van der Waals surface area contributed by atoms with Gasteiger partial charge in [0, 0.05) is 5.39 Å². The second-order valence-electron chi connectivity index (χ2n) is 8.03. The number of amides is 1. The number of anilines is 1. The number of para-hydroxylation sites is 1. The van der Waals surface area contributed by atoms with Gasteiger partial charge in [-0.2, -0.15) is 8.42 Å². The molecule has 4 aromatic carbocycles. The van der Waals surface area contributed by atoms with Gasteiger partial charge in [0.2, 0.25) is 0 Å². The number of rotatable bonds is 7. The summed E-state index contributed by atoms with van der Waals surface area (Å²) in [6.07, 6.45) is 0.415. The number of nitrogens with one attached hydrogen (secondary N) is 1. The zero-order valence-corrected chi connectivity index (χ0v) is 22.4. The van der Waals surface area contributed by atoms with Crippen molar-refractivity contribution in [1.82, 2.24) is 0 Å². The number of halogens is 2. The number of ether oxygens (including phenoxy) is 1. The van der Waals surface area contributed by atoms with E-state index in [9.17, 15) is 22.9 Å². The van der Waals surface area contributed by atoms with Gasteiger partial charge in [0.05, 0.1) is 28.4 Å². The molecule has 0 saturated heterocycles. The Morgan fingerprint density at radius 2 is 1.79 bits per heavy atom. The van der Waals surface area contributed by atoms with Gasteiger partial charge < -0.3 is 15.2 Å². The number of carbonyl (C=O) groups is 1. The number of aromatic hydroxyl groups is 1. The molecule has 0 bridgehead atoms. The summed E-state index contributed by atoms with van der Waals surface area (Å²) in [5, 5.41) is 22.9. The summed E-state index contributed by atoms with van der Waals surface area (Å²) in [5.41, 5.74) is 0.305. The van der Waals surface area contributed by atoms with Crippen LogP contribution in [-0.2, 0) is 16.5 Å². The van der Waals surface area contributed by atoms with E-state index in [1.54, 1.807) is 55.5 Å². The molecule has 0 aliphatic rings. The van der Waals surface area contributed by atoms with E-state index in [0.717, 1.165) is 0 Å². The van der Waals surface area contributed by atoms with Gasteiger partial charge in [-0.05, 0) is 41.6 Å². The molecule has 38 heavy (non-hydrogen) atoms. The van der Waals surface area contributed by atoms with Gasteiger partial charge in [0.1, 0.15) is 16.3 Å². The van der Waals surface area contributed by atoms with Crippen molar-refractivity contribution < 1.29 is 27.6 Å². The van der Waals surface area contributed by atoms with Crippen molar-refractivity contribution in [2.45, 2.75) is 18.2 Å². The summed E-state index contributed by atoms with van der Waals surface area (Å²) >= 11 is 12.4. The van der Waals surface area contributed by atoms with Gasteiger partial charge in [-0.15, -0.1) is 10.2 Å². The van der Waals surface area contributed by atoms with Crippen molar-refractivity contribution in [3.05, 3.63) is 81.8 Å². The number of hydrogen-bond donors (Lipinski definition) is 3. The van der Waals surface area contributed by atoms with Gasteiger partial charge in [0.15, 0.2) is 11.5 Å². The maximum Gasteiger partial charge on any atom is 0.298 e. The van der Waals surface area contributed by atoms with Crippen LogP contribution in [0.15, 0.2) is 75.8 Å². The minimum absolute atomic E-state index is 0.0942. The number of benzene rings is 4. The number of fused-ring (bicyclic) bond motifs is 1. The first kappa shape index (κ1) is 27.3. The summed E-state index contributed by atoms with van der Waals surface area (Å²) in [7, 11) is -3.35. The molecule has 0 aliphatic carbocycles. The average molecular weight is 574 g/mol. The lowest BCUT2D eigenvalue weighted by molar-refractivity contribution is 0.102. The van der Waals surface area contributed by atoms with Crippen LogP contribution in [0.25, 0.3) is 10.8 Å². The van der Waals surface area contributed by atoms with Gasteiger partial charge in [-0.1, -0.05) is 66.5 Å². The number of methoxy groups -OCH3 is 1. The Kier molecular flexibility index (Phi) is 7.89. The van der Waals surface area contributed by atoms with E-state index < -0.39 is 26.7 Å². The first-order chi connectivity index (χ1) is 18.1. The molecule has 3 N–H and O–H groups in total. The lowest BCUT2D eigenvalue weighted by Crippen LogP contribution is -2.13. The Balaban J connectivity index is 1.85. The zero-order valence-electron chi connectivity index (χ0n) is 20.1. The number of phenols is 1. The smallest absolute Gasteiger partial charge is 0.298 e. The van der Waals surface area contributed by atoms with E-state index >= 15 is 0 Å². The molecule has 0 atom stereocenters. The molecule has 0 saturated carbocycles. The summed E-state index contributed by atoms with van der Waals surface area (Å²) < 4.78 is 39.2. The molecular formula is C26H21Cl2N3O6S. The van der Waals surface area contributed by atoms with E-state index in [1.807, 2.05) is 0 Å². The topological polar surface area (TPSA) is 138 Å². The van der Waals surface area contributed by atoms with Gasteiger partial charge >= 0.3 is 0 Å². The molecule has 4 aromatic rings. The van der Waals surface area contributed by atoms with Gasteiger partial charge in [-0.3, -0.25) is 9.35 Å². The van der Waals surface area contributed by atoms with E-state index in [4.69, 9.17) is 27.9 Å². The molecule has 9 nitrogen and oxygen atoms in total. The first-order valence-electron chi connectivity index (χ1n) is 11.2. The van der Waals surface area contributed by atoms with Crippen LogP contribution in [0.5, 0.6) is 11.5 Å². The molecule has 0 radical (unpaired) electrons. The molecule has 0 spiro atoms. The second kappa shape index (κ2) is 11.0. The van der Waals surface area contributed by atoms with Crippen molar-refractivity contribution in [1.29, 1.82) is 0 Å². The predicted molar refractivity (Wildman–Crippen MR) is 146 cm³/mol. The number of phenolic OH excluding ortho intramolecular Hbond substituents is 1. The van der Waals surface area contributed by atoms with Crippen LogP contribution in [0, 0.1) is 0 Å². The van der Waals surface area contributed by atoms with Crippen molar-refractivity contribution in [3.63, 3.8) is 0 Å². The molecule has 1 amide bonds. The zero-order chi connectivity index (χ0) is 27.6. The highest BCUT2D eigenvalue weighted by molar-refractivity contribution is 7.86. The van der Waals surface area contributed by atoms with Crippen LogP contribution in [0.4, 0.5) is 17.1 Å². The third-order valence-corrected chi connectivity index (χ3v) is 7.48. The van der Waals surface area contributed by atoms with Crippen molar-refractivity contribution >= 4 is 67.1 Å². The molecule has 0 aromatic heterocycles. The van der Waals surface area contributed by atoms with Crippen LogP contribution in [0.2, 0.25) is 10.0 Å². The van der Waals surface area contributed by atoms with E-state index in [2.05, 4.69) is 15.5 Å². The molecule has 0 unspecified atom stereocenters. The number of aryl methyl sites for hydroxylation is 1. The Morgan fingerprint density at radius 1 is 1.05 bits per heavy atom. The van der Waals surface area contributed by atoms with Crippen molar-refractivity contribution in [2.75, 3.05) is 12.4 Å². The maximum atomic E-state index is 13.2. The fraction of sp³-hybridized carbons (Fsp3) is 0.115. The Hall–Kier alpha value is -3.70. The fourth-order valence-corrected chi connectivity index (χ4v) is 5.45. The van der Waals surface area contributed by atoms with Crippen molar-refractivity contribution in [3.8, 4) is 11.5 Å². The minimum atomic E-state index is -4.76. The predicted octanol–water partition coefficient (Wildman–Crippen LogP) is 7.34. The normalized spacial score (nSPS) is 11.7. The third kappa shape index (κ3) is 5.30. The summed E-state index contributed by atoms with van der Waals surface area (Å²) in [5.74, 6) is -0.942. The molecule has 0 heterocycles. The number of nitrogens with zero attached hydrogens (tertiary/aromatic N) is 2. The quantitative estimate of drug-likeness (QED) is 0.156. The molecule has 12 heteroatoms. The Labute approximate surface area is 228 Å². The van der Waals surface area contributed by atoms with Crippen LogP contribution in [0.3, 0.4) is 0 Å². The molecule has 0 aliphatic heterocycles. The number of carbonyl (C=O) groups excluding carboxylic acids is 1. The lowest BCUT2D eigenvalue weighted by atomic mass is 10.0. The van der Waals surface area contributed by atoms with Crippen LogP contribution >= 0.6 is 23.2 Å². The number of azo groups is 1. The average Bonchev–Trinajstić information content (AvgIpc) is 2.87. The standard InChI is InChI=1S/C26H21Cl2N3O6S/c1-3-14-11-12-20(25(21(14)28)38(34,35)36)30-31-22-16-8-5-4-7-15(16)13-17(23(22)32)26(33)29-19-10-6-9-18(27)24(19)37-2/h4-13,32H,3H2,1-2H3,(H,29,33)(H,34,35,36). The number of hydrogen-bond acceptors (Lipinski definition) is 7. The van der Waals surface area contributed by atoms with Crippen LogP contribution in [-0.4, -0.2) is 31.1 Å². The highest BCUT2D eigenvalue weighted by atomic mass is 35.5. The molecule has 196 valence electrons. The molecule has 0 fully saturated rings.